The van der Waals surface area contributed by atoms with Crippen molar-refractivity contribution < 1.29 is 9.59 Å². The number of rotatable bonds is 6. The molecule has 1 aromatic heterocycles. The molecule has 0 aliphatic heterocycles. The van der Waals surface area contributed by atoms with Crippen LogP contribution in [0.4, 0.5) is 10.5 Å². The first-order chi connectivity index (χ1) is 11.7. The van der Waals surface area contributed by atoms with Crippen molar-refractivity contribution in [2.45, 2.75) is 19.4 Å². The third-order valence-corrected chi connectivity index (χ3v) is 3.86. The lowest BCUT2D eigenvalue weighted by Crippen LogP contribution is -2.28. The van der Waals surface area contributed by atoms with Crippen LogP contribution >= 0.6 is 0 Å². The number of carbonyl (C=O) groups is 2. The topological polar surface area (TPSA) is 83.1 Å². The summed E-state index contributed by atoms with van der Waals surface area (Å²) in [6, 6.07) is 10.3. The lowest BCUT2D eigenvalue weighted by Gasteiger charge is -2.09. The van der Waals surface area contributed by atoms with Gasteiger partial charge in [0.1, 0.15) is 0 Å². The number of anilines is 1. The maximum absolute atomic E-state index is 12.0. The van der Waals surface area contributed by atoms with Crippen molar-refractivity contribution in [2.24, 2.45) is 5.92 Å². The smallest absolute Gasteiger partial charge is 0.319 e. The zero-order valence-electron chi connectivity index (χ0n) is 13.3. The number of hydrogen-bond acceptors (Lipinski definition) is 3. The van der Waals surface area contributed by atoms with Crippen LogP contribution in [0.15, 0.2) is 48.8 Å². The summed E-state index contributed by atoms with van der Waals surface area (Å²) < 4.78 is 0. The van der Waals surface area contributed by atoms with Crippen LogP contribution in [0.1, 0.15) is 28.8 Å². The molecule has 3 rings (SSSR count). The van der Waals surface area contributed by atoms with Gasteiger partial charge in [-0.1, -0.05) is 0 Å². The number of urea groups is 1. The van der Waals surface area contributed by atoms with Crippen LogP contribution in [0.2, 0.25) is 0 Å². The van der Waals surface area contributed by atoms with Gasteiger partial charge in [0.2, 0.25) is 0 Å². The van der Waals surface area contributed by atoms with Crippen LogP contribution in [0, 0.1) is 5.92 Å². The van der Waals surface area contributed by atoms with Gasteiger partial charge >= 0.3 is 6.03 Å². The Morgan fingerprint density at radius 1 is 1.00 bits per heavy atom. The summed E-state index contributed by atoms with van der Waals surface area (Å²) in [4.78, 5) is 27.8. The van der Waals surface area contributed by atoms with Gasteiger partial charge in [-0.2, -0.15) is 0 Å². The molecule has 24 heavy (non-hydrogen) atoms. The number of benzene rings is 1. The van der Waals surface area contributed by atoms with Crippen LogP contribution in [0.5, 0.6) is 0 Å². The molecule has 0 bridgehead atoms. The van der Waals surface area contributed by atoms with Crippen molar-refractivity contribution in [3.8, 4) is 0 Å². The maximum atomic E-state index is 12.0. The van der Waals surface area contributed by atoms with E-state index in [0.29, 0.717) is 23.7 Å². The zero-order valence-corrected chi connectivity index (χ0v) is 13.3. The first kappa shape index (κ1) is 16.0. The largest absolute Gasteiger partial charge is 0.352 e. The molecule has 124 valence electrons. The molecule has 3 N–H and O–H groups in total. The van der Waals surface area contributed by atoms with Gasteiger partial charge in [0.25, 0.3) is 5.91 Å². The first-order valence-corrected chi connectivity index (χ1v) is 8.03. The van der Waals surface area contributed by atoms with Crippen LogP contribution in [-0.2, 0) is 6.54 Å². The van der Waals surface area contributed by atoms with E-state index in [1.807, 2.05) is 12.1 Å². The number of aromatic nitrogens is 1. The van der Waals surface area contributed by atoms with E-state index < -0.39 is 0 Å². The summed E-state index contributed by atoms with van der Waals surface area (Å²) >= 11 is 0. The van der Waals surface area contributed by atoms with Crippen molar-refractivity contribution in [3.63, 3.8) is 0 Å². The molecule has 0 unspecified atom stereocenters. The molecule has 1 heterocycles. The van der Waals surface area contributed by atoms with Gasteiger partial charge in [0, 0.05) is 36.7 Å². The van der Waals surface area contributed by atoms with Gasteiger partial charge in [0.15, 0.2) is 0 Å². The Hall–Kier alpha value is -2.89. The molecule has 3 amide bonds. The molecule has 0 saturated heterocycles. The van der Waals surface area contributed by atoms with Gasteiger partial charge in [-0.05, 0) is 60.7 Å². The highest BCUT2D eigenvalue weighted by Gasteiger charge is 2.21. The lowest BCUT2D eigenvalue weighted by molar-refractivity contribution is 0.0952. The summed E-state index contributed by atoms with van der Waals surface area (Å²) in [6.07, 6.45) is 5.78. The number of carbonyl (C=O) groups excluding carboxylic acids is 2. The Morgan fingerprint density at radius 2 is 1.71 bits per heavy atom. The summed E-state index contributed by atoms with van der Waals surface area (Å²) in [5, 5.41) is 8.42. The number of nitrogens with zero attached hydrogens (tertiary/aromatic N) is 1. The normalized spacial score (nSPS) is 13.2. The Bertz CT molecular complexity index is 697. The highest BCUT2D eigenvalue weighted by atomic mass is 16.2. The average Bonchev–Trinajstić information content (AvgIpc) is 3.44. The number of amides is 3. The minimum absolute atomic E-state index is 0.0735. The number of pyridine rings is 1. The number of hydrogen-bond donors (Lipinski definition) is 3. The van der Waals surface area contributed by atoms with Crippen LogP contribution in [0.3, 0.4) is 0 Å². The quantitative estimate of drug-likeness (QED) is 0.763. The molecule has 1 saturated carbocycles. The van der Waals surface area contributed by atoms with Gasteiger partial charge in [-0.15, -0.1) is 0 Å². The van der Waals surface area contributed by atoms with Crippen molar-refractivity contribution in [3.05, 3.63) is 59.9 Å². The van der Waals surface area contributed by atoms with E-state index in [9.17, 15) is 9.59 Å². The molecule has 0 atom stereocenters. The number of nitrogens with one attached hydrogen (secondary N) is 3. The highest BCUT2D eigenvalue weighted by Crippen LogP contribution is 2.27. The second-order valence-electron chi connectivity index (χ2n) is 5.89. The summed E-state index contributed by atoms with van der Waals surface area (Å²) in [6.45, 7) is 1.17. The highest BCUT2D eigenvalue weighted by molar-refractivity contribution is 5.95. The second kappa shape index (κ2) is 7.59. The fourth-order valence-corrected chi connectivity index (χ4v) is 2.22. The standard InChI is InChI=1S/C18H20N4O2/c23-17(20-11-13-1-2-13)15-3-5-16(6-4-15)22-18(24)21-12-14-7-9-19-10-8-14/h3-10,13H,1-2,11-12H2,(H,20,23)(H2,21,22,24). The van der Waals surface area contributed by atoms with E-state index in [-0.39, 0.29) is 11.9 Å². The summed E-state index contributed by atoms with van der Waals surface area (Å²) in [5.74, 6) is 0.578. The Morgan fingerprint density at radius 3 is 2.38 bits per heavy atom. The van der Waals surface area contributed by atoms with Gasteiger partial charge in [-0.3, -0.25) is 9.78 Å². The van der Waals surface area contributed by atoms with E-state index in [4.69, 9.17) is 0 Å². The predicted molar refractivity (Wildman–Crippen MR) is 91.6 cm³/mol. The first-order valence-electron chi connectivity index (χ1n) is 8.03. The van der Waals surface area contributed by atoms with Gasteiger partial charge < -0.3 is 16.0 Å². The van der Waals surface area contributed by atoms with E-state index in [2.05, 4.69) is 20.9 Å². The molecule has 1 aliphatic carbocycles. The van der Waals surface area contributed by atoms with Gasteiger partial charge in [-0.25, -0.2) is 4.79 Å². The molecule has 1 aliphatic rings. The fourth-order valence-electron chi connectivity index (χ4n) is 2.22. The third-order valence-electron chi connectivity index (χ3n) is 3.86. The average molecular weight is 324 g/mol. The molecular formula is C18H20N4O2. The molecule has 0 spiro atoms. The van der Waals surface area contributed by atoms with Crippen LogP contribution in [-0.4, -0.2) is 23.5 Å². The Labute approximate surface area is 140 Å². The zero-order chi connectivity index (χ0) is 16.8. The van der Waals surface area contributed by atoms with E-state index >= 15 is 0 Å². The monoisotopic (exact) mass is 324 g/mol. The fraction of sp³-hybridized carbons (Fsp3) is 0.278. The molecule has 6 nitrogen and oxygen atoms in total. The van der Waals surface area contributed by atoms with E-state index in [1.54, 1.807) is 36.7 Å². The van der Waals surface area contributed by atoms with E-state index in [0.717, 1.165) is 12.1 Å². The summed E-state index contributed by atoms with van der Waals surface area (Å²) in [5.41, 5.74) is 2.21. The SMILES string of the molecule is O=C(NCc1ccncc1)Nc1ccc(C(=O)NCC2CC2)cc1. The van der Waals surface area contributed by atoms with Crippen molar-refractivity contribution in [1.82, 2.24) is 15.6 Å². The molecule has 1 aromatic carbocycles. The van der Waals surface area contributed by atoms with Crippen LogP contribution < -0.4 is 16.0 Å². The minimum Gasteiger partial charge on any atom is -0.352 e. The van der Waals surface area contributed by atoms with E-state index in [1.165, 1.54) is 12.8 Å². The molecule has 1 fully saturated rings. The molecule has 6 heteroatoms. The van der Waals surface area contributed by atoms with Crippen molar-refractivity contribution in [2.75, 3.05) is 11.9 Å². The second-order valence-corrected chi connectivity index (χ2v) is 5.89. The van der Waals surface area contributed by atoms with Crippen molar-refractivity contribution in [1.29, 1.82) is 0 Å². The predicted octanol–water partition coefficient (Wildman–Crippen LogP) is 2.54. The third kappa shape index (κ3) is 4.81. The van der Waals surface area contributed by atoms with Gasteiger partial charge in [0.05, 0.1) is 0 Å². The maximum Gasteiger partial charge on any atom is 0.319 e. The summed E-state index contributed by atoms with van der Waals surface area (Å²) in [7, 11) is 0. The van der Waals surface area contributed by atoms with Crippen molar-refractivity contribution >= 4 is 17.6 Å². The lowest BCUT2D eigenvalue weighted by atomic mass is 10.2. The molecule has 2 aromatic rings. The Balaban J connectivity index is 1.46. The minimum atomic E-state index is -0.294. The molecular weight excluding hydrogens is 304 g/mol. The Kier molecular flexibility index (Phi) is 5.05. The molecule has 0 radical (unpaired) electrons. The van der Waals surface area contributed by atoms with Crippen LogP contribution in [0.25, 0.3) is 0 Å².